The van der Waals surface area contributed by atoms with Crippen LogP contribution in [0.3, 0.4) is 0 Å². The molecule has 3 N–H and O–H groups in total. The van der Waals surface area contributed by atoms with Gasteiger partial charge in [-0.05, 0) is 62.7 Å². The van der Waals surface area contributed by atoms with Crippen LogP contribution < -0.4 is 10.1 Å². The van der Waals surface area contributed by atoms with Gasteiger partial charge in [0, 0.05) is 29.5 Å². The van der Waals surface area contributed by atoms with Gasteiger partial charge in [-0.1, -0.05) is 6.07 Å². The molecule has 0 radical (unpaired) electrons. The smallest absolute Gasteiger partial charge is 0.166 e. The zero-order valence-corrected chi connectivity index (χ0v) is 20.3. The molecule has 6 aromatic rings. The quantitative estimate of drug-likeness (QED) is 0.331. The Bertz CT molecular complexity index is 1720. The van der Waals surface area contributed by atoms with Crippen LogP contribution in [0.15, 0.2) is 61.4 Å². The first-order valence-electron chi connectivity index (χ1n) is 12.4. The average molecular weight is 492 g/mol. The summed E-state index contributed by atoms with van der Waals surface area (Å²) < 4.78 is 8.10. The number of piperidine rings is 1. The van der Waals surface area contributed by atoms with E-state index in [0.29, 0.717) is 5.82 Å². The molecule has 0 saturated carbocycles. The summed E-state index contributed by atoms with van der Waals surface area (Å²) in [5.74, 6) is 2.19. The van der Waals surface area contributed by atoms with Gasteiger partial charge >= 0.3 is 0 Å². The van der Waals surface area contributed by atoms with Crippen molar-refractivity contribution in [3.8, 4) is 34.2 Å². The van der Waals surface area contributed by atoms with Gasteiger partial charge in [-0.25, -0.2) is 15.0 Å². The second kappa shape index (κ2) is 8.82. The molecule has 10 nitrogen and oxygen atoms in total. The number of aromatic amines is 2. The lowest BCUT2D eigenvalue weighted by Crippen LogP contribution is -2.34. The molecular weight excluding hydrogens is 466 g/mol. The summed E-state index contributed by atoms with van der Waals surface area (Å²) in [5, 5.41) is 12.1. The normalized spacial score (nSPS) is 14.5. The Balaban J connectivity index is 1.26. The first-order valence-corrected chi connectivity index (χ1v) is 12.4. The van der Waals surface area contributed by atoms with Crippen molar-refractivity contribution >= 4 is 21.9 Å². The van der Waals surface area contributed by atoms with E-state index in [0.717, 1.165) is 81.9 Å². The summed E-state index contributed by atoms with van der Waals surface area (Å²) in [5.41, 5.74) is 6.26. The van der Waals surface area contributed by atoms with E-state index in [2.05, 4.69) is 53.6 Å². The van der Waals surface area contributed by atoms with Crippen LogP contribution in [-0.2, 0) is 0 Å². The minimum absolute atomic E-state index is 0.222. The van der Waals surface area contributed by atoms with Gasteiger partial charge in [0.1, 0.15) is 29.4 Å². The van der Waals surface area contributed by atoms with Crippen molar-refractivity contribution in [2.75, 3.05) is 13.1 Å². The first kappa shape index (κ1) is 21.7. The van der Waals surface area contributed by atoms with Gasteiger partial charge < -0.3 is 15.0 Å². The molecule has 1 aliphatic heterocycles. The van der Waals surface area contributed by atoms with E-state index < -0.39 is 0 Å². The highest BCUT2D eigenvalue weighted by atomic mass is 16.5. The number of hydrogen-bond donors (Lipinski definition) is 3. The maximum atomic E-state index is 6.22. The molecule has 184 valence electrons. The lowest BCUT2D eigenvalue weighted by molar-refractivity contribution is 0.162. The highest BCUT2D eigenvalue weighted by molar-refractivity contribution is 5.96. The van der Waals surface area contributed by atoms with E-state index in [1.807, 2.05) is 36.0 Å². The number of benzene rings is 1. The Labute approximate surface area is 212 Å². The molecule has 0 bridgehead atoms. The fraction of sp³-hybridized carbons (Fsp3) is 0.222. The molecule has 1 aromatic carbocycles. The van der Waals surface area contributed by atoms with Crippen LogP contribution in [0.2, 0.25) is 0 Å². The molecule has 5 aromatic heterocycles. The zero-order valence-electron chi connectivity index (χ0n) is 20.3. The van der Waals surface area contributed by atoms with Crippen molar-refractivity contribution in [2.24, 2.45) is 0 Å². The van der Waals surface area contributed by atoms with E-state index >= 15 is 0 Å². The van der Waals surface area contributed by atoms with Gasteiger partial charge in [0.15, 0.2) is 11.6 Å². The molecule has 0 atom stereocenters. The maximum absolute atomic E-state index is 6.22. The fourth-order valence-corrected chi connectivity index (χ4v) is 4.88. The Kier molecular flexibility index (Phi) is 5.17. The summed E-state index contributed by atoms with van der Waals surface area (Å²) in [6.45, 7) is 3.92. The van der Waals surface area contributed by atoms with Crippen molar-refractivity contribution in [3.63, 3.8) is 0 Å². The SMILES string of the molecule is Cc1cn(-c2nccc3[nH]c(-c4n[nH]c5ccc(-c6cncc(OC7CCNCC7)c6)cc45)nc23)cn1. The van der Waals surface area contributed by atoms with Gasteiger partial charge in [-0.3, -0.25) is 14.6 Å². The molecule has 6 heterocycles. The van der Waals surface area contributed by atoms with Crippen molar-refractivity contribution in [3.05, 3.63) is 67.1 Å². The minimum Gasteiger partial charge on any atom is -0.489 e. The Morgan fingerprint density at radius 2 is 1.92 bits per heavy atom. The number of nitrogens with zero attached hydrogens (tertiary/aromatic N) is 6. The summed E-state index contributed by atoms with van der Waals surface area (Å²) in [4.78, 5) is 21.6. The Morgan fingerprint density at radius 1 is 1.00 bits per heavy atom. The average Bonchev–Trinajstić information content (AvgIpc) is 3.66. The van der Waals surface area contributed by atoms with Gasteiger partial charge in [0.05, 0.1) is 22.9 Å². The van der Waals surface area contributed by atoms with Crippen LogP contribution in [-0.4, -0.2) is 58.9 Å². The van der Waals surface area contributed by atoms with Crippen LogP contribution in [0.5, 0.6) is 5.75 Å². The summed E-state index contributed by atoms with van der Waals surface area (Å²) >= 11 is 0. The number of H-pyrrole nitrogens is 2. The highest BCUT2D eigenvalue weighted by Gasteiger charge is 2.18. The number of pyridine rings is 2. The standard InChI is InChI=1S/C27H25N9O/c1-16-14-36(15-31-16)27-25-23(6-9-30-27)32-26(33-25)24-21-11-17(2-3-22(21)34-35-24)18-10-20(13-29-12-18)37-19-4-7-28-8-5-19/h2-3,6,9-15,19,28H,4-5,7-8H2,1H3,(H,32,33)(H,34,35). The molecule has 0 spiro atoms. The molecule has 0 aliphatic carbocycles. The third-order valence-corrected chi connectivity index (χ3v) is 6.76. The lowest BCUT2D eigenvalue weighted by Gasteiger charge is -2.23. The van der Waals surface area contributed by atoms with Crippen LogP contribution >= 0.6 is 0 Å². The second-order valence-electron chi connectivity index (χ2n) is 9.35. The van der Waals surface area contributed by atoms with E-state index in [4.69, 9.17) is 9.72 Å². The van der Waals surface area contributed by atoms with Crippen LogP contribution in [0.1, 0.15) is 18.5 Å². The van der Waals surface area contributed by atoms with E-state index in [1.165, 1.54) is 0 Å². The van der Waals surface area contributed by atoms with Gasteiger partial charge in [0.25, 0.3) is 0 Å². The molecule has 37 heavy (non-hydrogen) atoms. The Hall–Kier alpha value is -4.57. The van der Waals surface area contributed by atoms with Gasteiger partial charge in [0.2, 0.25) is 0 Å². The molecule has 10 heteroatoms. The first-order chi connectivity index (χ1) is 18.2. The predicted octanol–water partition coefficient (Wildman–Crippen LogP) is 4.19. The summed E-state index contributed by atoms with van der Waals surface area (Å²) in [6, 6.07) is 10.2. The Morgan fingerprint density at radius 3 is 2.78 bits per heavy atom. The van der Waals surface area contributed by atoms with Crippen LogP contribution in [0.4, 0.5) is 0 Å². The molecule has 7 rings (SSSR count). The highest BCUT2D eigenvalue weighted by Crippen LogP contribution is 2.32. The number of aromatic nitrogens is 8. The van der Waals surface area contributed by atoms with Gasteiger partial charge in [-0.15, -0.1) is 0 Å². The summed E-state index contributed by atoms with van der Waals surface area (Å²) in [6.07, 6.45) is 11.3. The third-order valence-electron chi connectivity index (χ3n) is 6.76. The minimum atomic E-state index is 0.222. The fourth-order valence-electron chi connectivity index (χ4n) is 4.88. The topological polar surface area (TPSA) is 122 Å². The number of hydrogen-bond acceptors (Lipinski definition) is 7. The molecular formula is C27H25N9O. The number of fused-ring (bicyclic) bond motifs is 2. The largest absolute Gasteiger partial charge is 0.489 e. The second-order valence-corrected chi connectivity index (χ2v) is 9.35. The van der Waals surface area contributed by atoms with Crippen LogP contribution in [0, 0.1) is 6.92 Å². The van der Waals surface area contributed by atoms with E-state index in [9.17, 15) is 0 Å². The monoisotopic (exact) mass is 491 g/mol. The molecule has 1 fully saturated rings. The van der Waals surface area contributed by atoms with Gasteiger partial charge in [-0.2, -0.15) is 5.10 Å². The van der Waals surface area contributed by atoms with Crippen molar-refractivity contribution in [2.45, 2.75) is 25.9 Å². The predicted molar refractivity (Wildman–Crippen MR) is 141 cm³/mol. The molecule has 1 saturated heterocycles. The third kappa shape index (κ3) is 4.01. The summed E-state index contributed by atoms with van der Waals surface area (Å²) in [7, 11) is 0. The zero-order chi connectivity index (χ0) is 24.8. The molecule has 1 aliphatic rings. The van der Waals surface area contributed by atoms with E-state index in [-0.39, 0.29) is 6.10 Å². The number of imidazole rings is 2. The van der Waals surface area contributed by atoms with Crippen molar-refractivity contribution in [1.29, 1.82) is 0 Å². The lowest BCUT2D eigenvalue weighted by atomic mass is 10.0. The number of rotatable bonds is 5. The molecule has 0 unspecified atom stereocenters. The number of nitrogens with one attached hydrogen (secondary N) is 3. The van der Waals surface area contributed by atoms with E-state index in [1.54, 1.807) is 18.7 Å². The molecule has 0 amide bonds. The van der Waals surface area contributed by atoms with Crippen molar-refractivity contribution in [1.82, 2.24) is 45.0 Å². The van der Waals surface area contributed by atoms with Crippen molar-refractivity contribution < 1.29 is 4.74 Å². The maximum Gasteiger partial charge on any atom is 0.166 e. The van der Waals surface area contributed by atoms with Crippen LogP contribution in [0.25, 0.3) is 50.4 Å². The number of aryl methyl sites for hydroxylation is 1. The number of ether oxygens (including phenoxy) is 1.